The van der Waals surface area contributed by atoms with E-state index in [0.29, 0.717) is 19.8 Å². The van der Waals surface area contributed by atoms with Gasteiger partial charge in [0.2, 0.25) is 0 Å². The van der Waals surface area contributed by atoms with Crippen molar-refractivity contribution in [3.8, 4) is 17.2 Å². The van der Waals surface area contributed by atoms with Gasteiger partial charge in [-0.1, -0.05) is 68.6 Å². The van der Waals surface area contributed by atoms with Gasteiger partial charge in [0.1, 0.15) is 37.1 Å². The first-order valence-corrected chi connectivity index (χ1v) is 17.9. The predicted molar refractivity (Wildman–Crippen MR) is 199 cm³/mol. The molecule has 0 unspecified atom stereocenters. The Bertz CT molecular complexity index is 1470. The van der Waals surface area contributed by atoms with Gasteiger partial charge < -0.3 is 14.2 Å². The van der Waals surface area contributed by atoms with Gasteiger partial charge in [-0.05, 0) is 150 Å². The molecule has 0 aliphatic heterocycles. The second-order valence-corrected chi connectivity index (χ2v) is 13.4. The van der Waals surface area contributed by atoms with Gasteiger partial charge in [-0.25, -0.2) is 0 Å². The van der Waals surface area contributed by atoms with E-state index in [4.69, 9.17) is 14.2 Å². The van der Waals surface area contributed by atoms with Crippen LogP contribution < -0.4 is 14.2 Å². The maximum Gasteiger partial charge on any atom is 0.119 e. The van der Waals surface area contributed by atoms with Crippen LogP contribution in [0.25, 0.3) is 0 Å². The van der Waals surface area contributed by atoms with Crippen molar-refractivity contribution < 1.29 is 14.2 Å². The molecule has 5 aromatic rings. The van der Waals surface area contributed by atoms with E-state index in [1.807, 2.05) is 91.9 Å². The third-order valence-corrected chi connectivity index (χ3v) is 9.27. The van der Waals surface area contributed by atoms with Gasteiger partial charge in [0.05, 0.1) is 0 Å². The molecule has 0 atom stereocenters. The summed E-state index contributed by atoms with van der Waals surface area (Å²) in [6, 6.07) is 28.0. The van der Waals surface area contributed by atoms with Crippen molar-refractivity contribution in [3.63, 3.8) is 0 Å². The Labute approximate surface area is 298 Å². The number of nitrogens with zero attached hydrogens (tertiary/aromatic N) is 1. The molecule has 0 radical (unpaired) electrons. The zero-order chi connectivity index (χ0) is 32.9. The van der Waals surface area contributed by atoms with Gasteiger partial charge >= 0.3 is 0 Å². The van der Waals surface area contributed by atoms with Crippen LogP contribution in [0.5, 0.6) is 17.2 Å². The fourth-order valence-corrected chi connectivity index (χ4v) is 6.17. The van der Waals surface area contributed by atoms with Gasteiger partial charge in [-0.15, -0.1) is 0 Å². The maximum atomic E-state index is 6.35. The summed E-state index contributed by atoms with van der Waals surface area (Å²) in [6.45, 7) is 10.2. The third kappa shape index (κ3) is 10.2. The molecule has 0 bridgehead atoms. The molecular formula is C39H40Br3NO3. The number of aromatic nitrogens is 1. The van der Waals surface area contributed by atoms with Crippen molar-refractivity contribution in [2.24, 2.45) is 0 Å². The number of ether oxygens (including phenoxy) is 3. The smallest absolute Gasteiger partial charge is 0.119 e. The number of hydrogen-bond acceptors (Lipinski definition) is 4. The molecule has 0 aliphatic carbocycles. The molecule has 46 heavy (non-hydrogen) atoms. The lowest BCUT2D eigenvalue weighted by Gasteiger charge is -2.26. The molecule has 4 nitrogen and oxygen atoms in total. The summed E-state index contributed by atoms with van der Waals surface area (Å²) in [5, 5.41) is 0. The first kappa shape index (κ1) is 35.7. The van der Waals surface area contributed by atoms with Crippen LogP contribution in [0.4, 0.5) is 0 Å². The van der Waals surface area contributed by atoms with E-state index >= 15 is 0 Å². The van der Waals surface area contributed by atoms with E-state index in [2.05, 4.69) is 73.5 Å². The SMILES string of the molecule is CCc1c(COc2ccc(Br)cc2)c(CC)c(COc2ccc(Br)cc2)c(CC)c1COc1ccc(Br)cc1.Cc1ccncc1. The third-order valence-electron chi connectivity index (χ3n) is 7.68. The molecule has 0 N–H and O–H groups in total. The van der Waals surface area contributed by atoms with Crippen LogP contribution in [-0.4, -0.2) is 4.98 Å². The molecule has 1 heterocycles. The van der Waals surface area contributed by atoms with Gasteiger partial charge in [-0.2, -0.15) is 0 Å². The van der Waals surface area contributed by atoms with Crippen LogP contribution in [0, 0.1) is 6.92 Å². The minimum absolute atomic E-state index is 0.495. The molecule has 7 heteroatoms. The average molecular weight is 810 g/mol. The van der Waals surface area contributed by atoms with E-state index in [1.54, 1.807) is 12.4 Å². The Morgan fingerprint density at radius 1 is 0.435 bits per heavy atom. The Balaban J connectivity index is 0.000000606. The van der Waals surface area contributed by atoms with Crippen molar-refractivity contribution in [1.29, 1.82) is 0 Å². The molecule has 1 aromatic heterocycles. The first-order valence-electron chi connectivity index (χ1n) is 15.5. The maximum absolute atomic E-state index is 6.35. The number of benzene rings is 4. The van der Waals surface area contributed by atoms with Gasteiger partial charge in [0, 0.05) is 25.8 Å². The van der Waals surface area contributed by atoms with Gasteiger partial charge in [-0.3, -0.25) is 4.98 Å². The topological polar surface area (TPSA) is 40.6 Å². The molecule has 0 saturated carbocycles. The van der Waals surface area contributed by atoms with Crippen molar-refractivity contribution in [1.82, 2.24) is 4.98 Å². The summed E-state index contributed by atoms with van der Waals surface area (Å²) in [4.78, 5) is 3.85. The van der Waals surface area contributed by atoms with E-state index < -0.39 is 0 Å². The number of hydrogen-bond donors (Lipinski definition) is 0. The highest BCUT2D eigenvalue weighted by Crippen LogP contribution is 2.34. The minimum atomic E-state index is 0.495. The molecule has 4 aromatic carbocycles. The largest absolute Gasteiger partial charge is 0.489 e. The second kappa shape index (κ2) is 18.3. The monoisotopic (exact) mass is 807 g/mol. The van der Waals surface area contributed by atoms with E-state index in [0.717, 1.165) is 49.9 Å². The first-order chi connectivity index (χ1) is 22.3. The summed E-state index contributed by atoms with van der Waals surface area (Å²) in [7, 11) is 0. The summed E-state index contributed by atoms with van der Waals surface area (Å²) >= 11 is 10.5. The molecule has 0 aliphatic rings. The Hall–Kier alpha value is -3.13. The number of aryl methyl sites for hydroxylation is 1. The fraction of sp³-hybridized carbons (Fsp3) is 0.256. The highest BCUT2D eigenvalue weighted by atomic mass is 79.9. The molecule has 0 saturated heterocycles. The number of rotatable bonds is 12. The van der Waals surface area contributed by atoms with Crippen LogP contribution in [0.1, 0.15) is 59.7 Å². The zero-order valence-corrected chi connectivity index (χ0v) is 31.5. The van der Waals surface area contributed by atoms with Crippen LogP contribution in [-0.2, 0) is 39.1 Å². The summed E-state index contributed by atoms with van der Waals surface area (Å²) < 4.78 is 22.2. The van der Waals surface area contributed by atoms with Crippen LogP contribution >= 0.6 is 47.8 Å². The normalized spacial score (nSPS) is 10.6. The standard InChI is InChI=1S/C33H33Br3O3.C6H7N/c1-4-28-31(19-37-25-13-7-22(34)8-14-25)29(5-2)33(21-39-27-17-11-24(36)12-18-27)30(6-3)32(28)20-38-26-15-9-23(35)10-16-26;1-6-2-4-7-5-3-6/h7-18H,4-6,19-21H2,1-3H3;2-5H,1H3. The molecular weight excluding hydrogens is 770 g/mol. The number of pyridine rings is 1. The Kier molecular flexibility index (Phi) is 14.2. The fourth-order valence-electron chi connectivity index (χ4n) is 5.38. The van der Waals surface area contributed by atoms with Crippen molar-refractivity contribution in [2.75, 3.05) is 0 Å². The van der Waals surface area contributed by atoms with Gasteiger partial charge in [0.25, 0.3) is 0 Å². The molecule has 0 fully saturated rings. The van der Waals surface area contributed by atoms with Crippen LogP contribution in [0.2, 0.25) is 0 Å². The Morgan fingerprint density at radius 3 is 0.935 bits per heavy atom. The summed E-state index contributed by atoms with van der Waals surface area (Å²) in [5.41, 5.74) is 8.91. The molecule has 240 valence electrons. The summed E-state index contributed by atoms with van der Waals surface area (Å²) in [5.74, 6) is 2.55. The quantitative estimate of drug-likeness (QED) is 0.126. The van der Waals surface area contributed by atoms with E-state index in [9.17, 15) is 0 Å². The second-order valence-electron chi connectivity index (χ2n) is 10.7. The highest BCUT2D eigenvalue weighted by molar-refractivity contribution is 9.11. The number of halogens is 3. The van der Waals surface area contributed by atoms with Crippen LogP contribution in [0.15, 0.2) is 111 Å². The lowest BCUT2D eigenvalue weighted by atomic mass is 9.84. The van der Waals surface area contributed by atoms with Crippen molar-refractivity contribution in [2.45, 2.75) is 66.8 Å². The van der Waals surface area contributed by atoms with Crippen LogP contribution in [0.3, 0.4) is 0 Å². The predicted octanol–water partition coefficient (Wildman–Crippen LogP) is 11.8. The lowest BCUT2D eigenvalue weighted by Crippen LogP contribution is -2.17. The molecule has 5 rings (SSSR count). The van der Waals surface area contributed by atoms with E-state index in [-0.39, 0.29) is 0 Å². The minimum Gasteiger partial charge on any atom is -0.489 e. The zero-order valence-electron chi connectivity index (χ0n) is 26.8. The highest BCUT2D eigenvalue weighted by Gasteiger charge is 2.23. The molecule has 0 spiro atoms. The van der Waals surface area contributed by atoms with E-state index in [1.165, 1.54) is 38.9 Å². The average Bonchev–Trinajstić information content (AvgIpc) is 3.07. The van der Waals surface area contributed by atoms with Gasteiger partial charge in [0.15, 0.2) is 0 Å². The lowest BCUT2D eigenvalue weighted by molar-refractivity contribution is 0.288. The molecule has 0 amide bonds. The summed E-state index contributed by atoms with van der Waals surface area (Å²) in [6.07, 6.45) is 6.26. The Morgan fingerprint density at radius 2 is 0.717 bits per heavy atom. The van der Waals surface area contributed by atoms with Crippen molar-refractivity contribution >= 4 is 47.8 Å². The van der Waals surface area contributed by atoms with Crippen molar-refractivity contribution in [3.05, 3.63) is 150 Å².